The van der Waals surface area contributed by atoms with Crippen LogP contribution in [0.15, 0.2) is 68.0 Å². The van der Waals surface area contributed by atoms with Crippen molar-refractivity contribution in [2.75, 3.05) is 20.3 Å². The molecule has 0 saturated carbocycles. The minimum atomic E-state index is -1.11. The molecule has 1 aliphatic rings. The van der Waals surface area contributed by atoms with Gasteiger partial charge >= 0.3 is 11.9 Å². The van der Waals surface area contributed by atoms with Crippen molar-refractivity contribution in [1.82, 2.24) is 4.57 Å². The van der Waals surface area contributed by atoms with E-state index in [0.29, 0.717) is 31.9 Å². The van der Waals surface area contributed by atoms with Crippen molar-refractivity contribution in [3.63, 3.8) is 0 Å². The second-order valence-electron chi connectivity index (χ2n) is 7.95. The maximum absolute atomic E-state index is 13.7. The molecule has 1 atom stereocenters. The molecule has 9 nitrogen and oxygen atoms in total. The number of carboxylic acids is 1. The number of fused-ring (bicyclic) bond motifs is 1. The fraction of sp³-hybridized carbons (Fsp3) is 0.231. The summed E-state index contributed by atoms with van der Waals surface area (Å²) in [5, 5.41) is 8.87. The van der Waals surface area contributed by atoms with E-state index in [1.807, 2.05) is 24.3 Å². The first-order valence-corrected chi connectivity index (χ1v) is 12.8. The zero-order valence-electron chi connectivity index (χ0n) is 20.2. The van der Waals surface area contributed by atoms with E-state index in [1.54, 1.807) is 38.1 Å². The number of aromatic nitrogens is 1. The highest BCUT2D eigenvalue weighted by Gasteiger charge is 2.33. The lowest BCUT2D eigenvalue weighted by atomic mass is 9.96. The predicted molar refractivity (Wildman–Crippen MR) is 141 cm³/mol. The van der Waals surface area contributed by atoms with Gasteiger partial charge in [-0.2, -0.15) is 0 Å². The fourth-order valence-corrected chi connectivity index (χ4v) is 5.43. The number of rotatable bonds is 8. The Morgan fingerprint density at radius 2 is 2.00 bits per heavy atom. The molecule has 0 spiro atoms. The number of halogens is 1. The van der Waals surface area contributed by atoms with Crippen molar-refractivity contribution < 1.29 is 28.9 Å². The topological polar surface area (TPSA) is 116 Å². The van der Waals surface area contributed by atoms with Crippen molar-refractivity contribution in [1.29, 1.82) is 0 Å². The Morgan fingerprint density at radius 1 is 1.22 bits per heavy atom. The largest absolute Gasteiger partial charge is 0.493 e. The number of nitrogens with zero attached hydrogens (tertiary/aromatic N) is 2. The number of thiazole rings is 1. The molecule has 2 heterocycles. The molecule has 0 unspecified atom stereocenters. The predicted octanol–water partition coefficient (Wildman–Crippen LogP) is 3.03. The molecule has 192 valence electrons. The molecule has 0 bridgehead atoms. The Hall–Kier alpha value is -3.70. The SMILES string of the molecule is CCOC(=O)C1=C(C)N=c2s/c(=C\c3ccc(OCC(=O)O)c(OC)c3)c(=O)n2[C@@H]1c1cccc(Br)c1. The van der Waals surface area contributed by atoms with Crippen molar-refractivity contribution in [2.24, 2.45) is 4.99 Å². The Labute approximate surface area is 224 Å². The molecule has 0 fully saturated rings. The maximum atomic E-state index is 13.7. The quantitative estimate of drug-likeness (QED) is 0.403. The van der Waals surface area contributed by atoms with Gasteiger partial charge in [0.2, 0.25) is 0 Å². The summed E-state index contributed by atoms with van der Waals surface area (Å²) in [5.41, 5.74) is 1.86. The summed E-state index contributed by atoms with van der Waals surface area (Å²) in [6, 6.07) is 11.6. The average Bonchev–Trinajstić information content (AvgIpc) is 3.16. The Kier molecular flexibility index (Phi) is 7.94. The van der Waals surface area contributed by atoms with E-state index in [1.165, 1.54) is 23.0 Å². The van der Waals surface area contributed by atoms with Gasteiger partial charge in [0, 0.05) is 4.47 Å². The van der Waals surface area contributed by atoms with E-state index < -0.39 is 24.6 Å². The molecule has 0 amide bonds. The van der Waals surface area contributed by atoms with Gasteiger partial charge in [-0.3, -0.25) is 9.36 Å². The second kappa shape index (κ2) is 11.1. The van der Waals surface area contributed by atoms with Crippen molar-refractivity contribution >= 4 is 45.3 Å². The summed E-state index contributed by atoms with van der Waals surface area (Å²) >= 11 is 4.68. The van der Waals surface area contributed by atoms with Gasteiger partial charge in [-0.15, -0.1) is 0 Å². The van der Waals surface area contributed by atoms with Gasteiger partial charge in [0.05, 0.1) is 35.6 Å². The smallest absolute Gasteiger partial charge is 0.341 e. The van der Waals surface area contributed by atoms with Crippen LogP contribution in [0.25, 0.3) is 6.08 Å². The number of carboxylic acid groups (broad SMARTS) is 1. The zero-order valence-corrected chi connectivity index (χ0v) is 22.6. The van der Waals surface area contributed by atoms with E-state index in [9.17, 15) is 14.4 Å². The van der Waals surface area contributed by atoms with Gasteiger partial charge < -0.3 is 19.3 Å². The molecule has 11 heteroatoms. The van der Waals surface area contributed by atoms with E-state index >= 15 is 0 Å². The van der Waals surface area contributed by atoms with E-state index in [4.69, 9.17) is 19.3 Å². The van der Waals surface area contributed by atoms with Crippen LogP contribution in [0.5, 0.6) is 11.5 Å². The minimum absolute atomic E-state index is 0.194. The molecule has 0 aliphatic carbocycles. The first-order chi connectivity index (χ1) is 17.7. The molecule has 37 heavy (non-hydrogen) atoms. The summed E-state index contributed by atoms with van der Waals surface area (Å²) in [6.07, 6.45) is 1.69. The van der Waals surface area contributed by atoms with E-state index in [-0.39, 0.29) is 17.9 Å². The lowest BCUT2D eigenvalue weighted by molar-refractivity contribution is -0.140. The van der Waals surface area contributed by atoms with Gasteiger partial charge in [-0.25, -0.2) is 14.6 Å². The van der Waals surface area contributed by atoms with Crippen molar-refractivity contribution in [3.05, 3.63) is 89.0 Å². The number of hydrogen-bond acceptors (Lipinski definition) is 8. The Morgan fingerprint density at radius 3 is 2.68 bits per heavy atom. The number of ether oxygens (including phenoxy) is 3. The molecule has 0 saturated heterocycles. The normalized spacial score (nSPS) is 15.1. The summed E-state index contributed by atoms with van der Waals surface area (Å²) < 4.78 is 18.6. The number of hydrogen-bond donors (Lipinski definition) is 1. The molecule has 1 N–H and O–H groups in total. The third-order valence-electron chi connectivity index (χ3n) is 5.52. The van der Waals surface area contributed by atoms with Crippen LogP contribution in [-0.2, 0) is 14.3 Å². The highest BCUT2D eigenvalue weighted by atomic mass is 79.9. The van der Waals surface area contributed by atoms with E-state index in [0.717, 1.165) is 10.0 Å². The van der Waals surface area contributed by atoms with Crippen LogP contribution in [0, 0.1) is 0 Å². The number of benzene rings is 2. The maximum Gasteiger partial charge on any atom is 0.341 e. The van der Waals surface area contributed by atoms with Gasteiger partial charge in [-0.1, -0.05) is 45.5 Å². The third kappa shape index (κ3) is 5.52. The van der Waals surface area contributed by atoms with Crippen LogP contribution in [0.2, 0.25) is 0 Å². The Bertz CT molecular complexity index is 1590. The lowest BCUT2D eigenvalue weighted by Crippen LogP contribution is -2.39. The molecule has 1 aromatic heterocycles. The number of allylic oxidation sites excluding steroid dienone is 1. The average molecular weight is 587 g/mol. The highest BCUT2D eigenvalue weighted by molar-refractivity contribution is 9.10. The standard InChI is InChI=1S/C26H23BrN2O7S/c1-4-35-25(33)22-14(2)28-26-29(23(22)16-6-5-7-17(27)12-16)24(32)20(37-26)11-15-8-9-18(19(10-15)34-3)36-13-21(30)31/h5-12,23H,4,13H2,1-3H3,(H,30,31)/b20-11-/t23-/m1/s1. The monoisotopic (exact) mass is 586 g/mol. The molecule has 1 aliphatic heterocycles. The van der Waals surface area contributed by atoms with Crippen molar-refractivity contribution in [2.45, 2.75) is 19.9 Å². The molecule has 3 aromatic rings. The molecular formula is C26H23BrN2O7S. The van der Waals surface area contributed by atoms with Gasteiger partial charge in [0.15, 0.2) is 22.9 Å². The van der Waals surface area contributed by atoms with E-state index in [2.05, 4.69) is 20.9 Å². The summed E-state index contributed by atoms with van der Waals surface area (Å²) in [4.78, 5) is 42.5. The van der Waals surface area contributed by atoms with Gasteiger partial charge in [-0.05, 0) is 55.3 Å². The van der Waals surface area contributed by atoms with Gasteiger partial charge in [0.25, 0.3) is 5.56 Å². The molecule has 2 aromatic carbocycles. The van der Waals surface area contributed by atoms with Gasteiger partial charge in [0.1, 0.15) is 0 Å². The van der Waals surface area contributed by atoms with Crippen LogP contribution < -0.4 is 24.4 Å². The number of aliphatic carboxylic acids is 1. The van der Waals surface area contributed by atoms with Crippen LogP contribution in [0.3, 0.4) is 0 Å². The third-order valence-corrected chi connectivity index (χ3v) is 6.99. The number of esters is 1. The van der Waals surface area contributed by atoms with Crippen LogP contribution in [-0.4, -0.2) is 41.9 Å². The van der Waals surface area contributed by atoms with Crippen LogP contribution in [0.1, 0.15) is 31.0 Å². The minimum Gasteiger partial charge on any atom is -0.493 e. The second-order valence-corrected chi connectivity index (χ2v) is 9.87. The van der Waals surface area contributed by atoms with Crippen LogP contribution in [0.4, 0.5) is 0 Å². The number of carbonyl (C=O) groups is 2. The van der Waals surface area contributed by atoms with Crippen LogP contribution >= 0.6 is 27.3 Å². The fourth-order valence-electron chi connectivity index (χ4n) is 3.97. The first-order valence-electron chi connectivity index (χ1n) is 11.2. The zero-order chi connectivity index (χ0) is 26.7. The number of methoxy groups -OCH3 is 1. The molecule has 4 rings (SSSR count). The summed E-state index contributed by atoms with van der Waals surface area (Å²) in [7, 11) is 1.44. The van der Waals surface area contributed by atoms with Crippen molar-refractivity contribution in [3.8, 4) is 11.5 Å². The first kappa shape index (κ1) is 26.4. The number of carbonyl (C=O) groups excluding carboxylic acids is 1. The Balaban J connectivity index is 1.86. The summed E-state index contributed by atoms with van der Waals surface area (Å²) in [6.45, 7) is 3.14. The lowest BCUT2D eigenvalue weighted by Gasteiger charge is -2.24. The summed E-state index contributed by atoms with van der Waals surface area (Å²) in [5.74, 6) is -1.03. The molecular weight excluding hydrogens is 564 g/mol. The molecule has 0 radical (unpaired) electrons. The highest BCUT2D eigenvalue weighted by Crippen LogP contribution is 2.32.